The van der Waals surface area contributed by atoms with Crippen LogP contribution in [0.4, 0.5) is 4.39 Å². The lowest BCUT2D eigenvalue weighted by Gasteiger charge is -2.36. The van der Waals surface area contributed by atoms with E-state index in [9.17, 15) is 14.0 Å². The van der Waals surface area contributed by atoms with E-state index in [0.717, 1.165) is 43.6 Å². The van der Waals surface area contributed by atoms with Crippen LogP contribution in [0, 0.1) is 5.82 Å². The molecular weight excluding hydrogens is 421 g/mol. The van der Waals surface area contributed by atoms with E-state index in [4.69, 9.17) is 9.15 Å². The molecule has 0 spiro atoms. The second-order valence-electron chi connectivity index (χ2n) is 9.25. The Morgan fingerprint density at radius 2 is 1.94 bits per heavy atom. The fraction of sp³-hybridized carbons (Fsp3) is 0.407. The average Bonchev–Trinajstić information content (AvgIpc) is 3.33. The van der Waals surface area contributed by atoms with E-state index in [1.165, 1.54) is 12.1 Å². The molecule has 2 aliphatic carbocycles. The van der Waals surface area contributed by atoms with Crippen molar-refractivity contribution in [1.29, 1.82) is 0 Å². The molecule has 1 aromatic heterocycles. The molecule has 1 aliphatic heterocycles. The van der Waals surface area contributed by atoms with Crippen LogP contribution in [0.3, 0.4) is 0 Å². The SMILES string of the molecule is CC1=C(C(=O)OC2CCCCC2)[C@@H](c2cccc(F)c2)C2=C(C[C@@H](c3ccco3)CC2=O)N1. The number of Topliss-reactive ketones (excluding diaryl/α,β-unsaturated/α-hetero) is 1. The molecule has 1 fully saturated rings. The summed E-state index contributed by atoms with van der Waals surface area (Å²) >= 11 is 0. The lowest BCUT2D eigenvalue weighted by molar-refractivity contribution is -0.146. The van der Waals surface area contributed by atoms with Gasteiger partial charge in [-0.15, -0.1) is 0 Å². The van der Waals surface area contributed by atoms with Crippen LogP contribution < -0.4 is 5.32 Å². The molecule has 172 valence electrons. The summed E-state index contributed by atoms with van der Waals surface area (Å²) in [6, 6.07) is 9.87. The zero-order valence-electron chi connectivity index (χ0n) is 18.7. The van der Waals surface area contributed by atoms with Gasteiger partial charge >= 0.3 is 5.97 Å². The Labute approximate surface area is 192 Å². The minimum absolute atomic E-state index is 0.0603. The first-order valence-corrected chi connectivity index (χ1v) is 11.7. The summed E-state index contributed by atoms with van der Waals surface area (Å²) in [6.07, 6.45) is 7.32. The van der Waals surface area contributed by atoms with E-state index in [-0.39, 0.29) is 24.2 Å². The van der Waals surface area contributed by atoms with Gasteiger partial charge in [-0.3, -0.25) is 4.79 Å². The molecule has 0 amide bonds. The number of rotatable bonds is 4. The van der Waals surface area contributed by atoms with Crippen molar-refractivity contribution in [3.63, 3.8) is 0 Å². The number of esters is 1. The third-order valence-corrected chi connectivity index (χ3v) is 7.00. The van der Waals surface area contributed by atoms with Gasteiger partial charge in [0.1, 0.15) is 17.7 Å². The average molecular weight is 450 g/mol. The van der Waals surface area contributed by atoms with Crippen LogP contribution in [0.5, 0.6) is 0 Å². The molecule has 5 nitrogen and oxygen atoms in total. The molecule has 2 atom stereocenters. The Hall–Kier alpha value is -3.15. The number of halogens is 1. The highest BCUT2D eigenvalue weighted by Gasteiger charge is 2.42. The molecule has 6 heteroatoms. The molecule has 0 radical (unpaired) electrons. The van der Waals surface area contributed by atoms with Crippen molar-refractivity contribution in [2.75, 3.05) is 0 Å². The highest BCUT2D eigenvalue weighted by molar-refractivity contribution is 6.04. The second kappa shape index (κ2) is 9.00. The van der Waals surface area contributed by atoms with Gasteiger partial charge in [-0.25, -0.2) is 9.18 Å². The maximum absolute atomic E-state index is 14.2. The van der Waals surface area contributed by atoms with Crippen molar-refractivity contribution in [1.82, 2.24) is 5.32 Å². The van der Waals surface area contributed by atoms with Crippen LogP contribution in [0.2, 0.25) is 0 Å². The number of allylic oxidation sites excluding steroid dienone is 3. The number of nitrogens with one attached hydrogen (secondary N) is 1. The summed E-state index contributed by atoms with van der Waals surface area (Å²) in [6.45, 7) is 1.83. The van der Waals surface area contributed by atoms with Gasteiger partial charge in [-0.2, -0.15) is 0 Å². The maximum atomic E-state index is 14.2. The molecule has 2 aromatic rings. The van der Waals surface area contributed by atoms with Crippen molar-refractivity contribution < 1.29 is 23.1 Å². The van der Waals surface area contributed by atoms with Crippen molar-refractivity contribution in [3.8, 4) is 0 Å². The number of dihydropyridines is 1. The lowest BCUT2D eigenvalue weighted by atomic mass is 9.72. The van der Waals surface area contributed by atoms with Gasteiger partial charge in [0.15, 0.2) is 5.78 Å². The van der Waals surface area contributed by atoms with Crippen LogP contribution in [0.25, 0.3) is 0 Å². The molecule has 5 rings (SSSR count). The number of hydrogen-bond donors (Lipinski definition) is 1. The van der Waals surface area contributed by atoms with E-state index >= 15 is 0 Å². The molecule has 33 heavy (non-hydrogen) atoms. The number of hydrogen-bond acceptors (Lipinski definition) is 5. The smallest absolute Gasteiger partial charge is 0.337 e. The van der Waals surface area contributed by atoms with Crippen LogP contribution >= 0.6 is 0 Å². The molecule has 0 saturated heterocycles. The predicted molar refractivity (Wildman–Crippen MR) is 121 cm³/mol. The third kappa shape index (κ3) is 4.26. The van der Waals surface area contributed by atoms with E-state index in [2.05, 4.69) is 5.32 Å². The van der Waals surface area contributed by atoms with Gasteiger partial charge < -0.3 is 14.5 Å². The Morgan fingerprint density at radius 1 is 1.12 bits per heavy atom. The number of benzene rings is 1. The first kappa shape index (κ1) is 21.7. The van der Waals surface area contributed by atoms with Crippen LogP contribution in [-0.4, -0.2) is 17.9 Å². The molecule has 1 saturated carbocycles. The summed E-state index contributed by atoms with van der Waals surface area (Å²) in [7, 11) is 0. The van der Waals surface area contributed by atoms with Gasteiger partial charge in [0.05, 0.1) is 11.8 Å². The summed E-state index contributed by atoms with van der Waals surface area (Å²) in [5.74, 6) is -0.845. The predicted octanol–water partition coefficient (Wildman–Crippen LogP) is 5.66. The maximum Gasteiger partial charge on any atom is 0.337 e. The van der Waals surface area contributed by atoms with Crippen molar-refractivity contribution in [3.05, 3.63) is 82.3 Å². The van der Waals surface area contributed by atoms with Crippen molar-refractivity contribution >= 4 is 11.8 Å². The Kier molecular flexibility index (Phi) is 5.92. The van der Waals surface area contributed by atoms with Gasteiger partial charge in [-0.1, -0.05) is 18.6 Å². The van der Waals surface area contributed by atoms with E-state index in [1.807, 2.05) is 19.1 Å². The van der Waals surface area contributed by atoms with Gasteiger partial charge in [0.25, 0.3) is 0 Å². The Bertz CT molecular complexity index is 1120. The van der Waals surface area contributed by atoms with Crippen molar-refractivity contribution in [2.24, 2.45) is 0 Å². The number of furan rings is 1. The van der Waals surface area contributed by atoms with Crippen molar-refractivity contribution in [2.45, 2.75) is 69.8 Å². The molecule has 1 N–H and O–H groups in total. The summed E-state index contributed by atoms with van der Waals surface area (Å²) in [5.41, 5.74) is 2.94. The van der Waals surface area contributed by atoms with E-state index < -0.39 is 17.7 Å². The Balaban J connectivity index is 1.53. The highest BCUT2D eigenvalue weighted by atomic mass is 19.1. The van der Waals surface area contributed by atoms with Crippen LogP contribution in [0.15, 0.2) is 69.6 Å². The number of ether oxygens (including phenoxy) is 1. The number of carbonyl (C=O) groups excluding carboxylic acids is 2. The fourth-order valence-electron chi connectivity index (χ4n) is 5.45. The van der Waals surface area contributed by atoms with E-state index in [0.29, 0.717) is 28.8 Å². The summed E-state index contributed by atoms with van der Waals surface area (Å²) < 4.78 is 25.7. The number of carbonyl (C=O) groups is 2. The first-order valence-electron chi connectivity index (χ1n) is 11.7. The standard InChI is InChI=1S/C27H28FNO4/c1-16-24(27(31)33-20-9-3-2-4-10-20)25(17-7-5-8-19(28)13-17)26-21(29-16)14-18(15-22(26)30)23-11-6-12-32-23/h5-8,11-13,18,20,25,29H,2-4,9-10,14-15H2,1H3/t18-,25-/m1/s1. The molecular formula is C27H28FNO4. The minimum Gasteiger partial charge on any atom is -0.469 e. The van der Waals surface area contributed by atoms with Gasteiger partial charge in [-0.05, 0) is 68.9 Å². The zero-order valence-corrected chi connectivity index (χ0v) is 18.7. The quantitative estimate of drug-likeness (QED) is 0.611. The van der Waals surface area contributed by atoms with Crippen LogP contribution in [-0.2, 0) is 14.3 Å². The Morgan fingerprint density at radius 3 is 2.67 bits per heavy atom. The van der Waals surface area contributed by atoms with E-state index in [1.54, 1.807) is 18.4 Å². The molecule has 0 bridgehead atoms. The topological polar surface area (TPSA) is 68.5 Å². The molecule has 1 aromatic carbocycles. The molecule has 3 aliphatic rings. The monoisotopic (exact) mass is 449 g/mol. The van der Waals surface area contributed by atoms with Gasteiger partial charge in [0, 0.05) is 35.2 Å². The first-order chi connectivity index (χ1) is 16.0. The highest BCUT2D eigenvalue weighted by Crippen LogP contribution is 2.46. The summed E-state index contributed by atoms with van der Waals surface area (Å²) in [5, 5.41) is 3.33. The molecule has 2 heterocycles. The van der Waals surface area contributed by atoms with Gasteiger partial charge in [0.2, 0.25) is 0 Å². The lowest BCUT2D eigenvalue weighted by Crippen LogP contribution is -2.37. The zero-order chi connectivity index (χ0) is 22.9. The number of ketones is 1. The third-order valence-electron chi connectivity index (χ3n) is 7.00. The largest absolute Gasteiger partial charge is 0.469 e. The van der Waals surface area contributed by atoms with Crippen LogP contribution in [0.1, 0.15) is 75.0 Å². The normalized spacial score (nSPS) is 23.9. The summed E-state index contributed by atoms with van der Waals surface area (Å²) in [4.78, 5) is 26.9. The second-order valence-corrected chi connectivity index (χ2v) is 9.25. The fourth-order valence-corrected chi connectivity index (χ4v) is 5.45. The minimum atomic E-state index is -0.655. The molecule has 0 unspecified atom stereocenters.